The predicted octanol–water partition coefficient (Wildman–Crippen LogP) is 2.58. The minimum absolute atomic E-state index is 0.127. The van der Waals surface area contributed by atoms with Crippen LogP contribution in [0.4, 0.5) is 4.79 Å². The summed E-state index contributed by atoms with van der Waals surface area (Å²) in [5.41, 5.74) is 0.699. The molecule has 1 rings (SSSR count). The quantitative estimate of drug-likeness (QED) is 0.775. The molecule has 0 fully saturated rings. The highest BCUT2D eigenvalue weighted by atomic mass is 79.9. The minimum Gasteiger partial charge on any atom is -0.387 e. The van der Waals surface area contributed by atoms with Crippen molar-refractivity contribution in [1.29, 1.82) is 0 Å². The summed E-state index contributed by atoms with van der Waals surface area (Å²) in [5, 5.41) is 15.6. The Bertz CT molecular complexity index is 423. The molecule has 4 nitrogen and oxygen atoms in total. The average Bonchev–Trinajstić information content (AvgIpc) is 2.34. The van der Waals surface area contributed by atoms with Crippen LogP contribution in [0.3, 0.4) is 0 Å². The van der Waals surface area contributed by atoms with Crippen molar-refractivity contribution in [3.05, 3.63) is 45.9 Å². The molecule has 2 amide bonds. The second kappa shape index (κ2) is 7.41. The van der Waals surface area contributed by atoms with Crippen molar-refractivity contribution in [1.82, 2.24) is 10.6 Å². The molecule has 0 saturated carbocycles. The molecule has 1 aromatic rings. The van der Waals surface area contributed by atoms with Gasteiger partial charge in [0.1, 0.15) is 0 Å². The van der Waals surface area contributed by atoms with Gasteiger partial charge < -0.3 is 15.7 Å². The number of halogens is 2. The molecule has 0 aromatic heterocycles. The molecule has 0 radical (unpaired) electrons. The standard InChI is InChI=1S/C12H14BrClN2O2/c1-8(13)6-15-12(18)16-7-11(17)9-2-4-10(14)5-3-9/h2-5,11,17H,1,6-7H2,(H2,15,16,18). The van der Waals surface area contributed by atoms with Crippen LogP contribution in [0.1, 0.15) is 11.7 Å². The largest absolute Gasteiger partial charge is 0.387 e. The van der Waals surface area contributed by atoms with Gasteiger partial charge in [0.05, 0.1) is 12.6 Å². The molecule has 1 unspecified atom stereocenters. The Hall–Kier alpha value is -1.04. The third-order valence-corrected chi connectivity index (χ3v) is 2.68. The Balaban J connectivity index is 2.36. The Morgan fingerprint density at radius 2 is 2.00 bits per heavy atom. The number of hydrogen-bond acceptors (Lipinski definition) is 2. The summed E-state index contributed by atoms with van der Waals surface area (Å²) >= 11 is 8.87. The maximum Gasteiger partial charge on any atom is 0.315 e. The van der Waals surface area contributed by atoms with E-state index in [0.717, 1.165) is 0 Å². The van der Waals surface area contributed by atoms with E-state index in [0.29, 0.717) is 21.6 Å². The van der Waals surface area contributed by atoms with Crippen molar-refractivity contribution >= 4 is 33.6 Å². The van der Waals surface area contributed by atoms with Gasteiger partial charge in [-0.3, -0.25) is 0 Å². The van der Waals surface area contributed by atoms with Crippen molar-refractivity contribution in [2.45, 2.75) is 6.10 Å². The van der Waals surface area contributed by atoms with E-state index >= 15 is 0 Å². The van der Waals surface area contributed by atoms with E-state index in [1.54, 1.807) is 24.3 Å². The monoisotopic (exact) mass is 332 g/mol. The molecule has 0 aliphatic rings. The molecular formula is C12H14BrClN2O2. The molecule has 1 atom stereocenters. The summed E-state index contributed by atoms with van der Waals surface area (Å²) in [6, 6.07) is 6.45. The second-order valence-corrected chi connectivity index (χ2v) is 5.21. The van der Waals surface area contributed by atoms with Crippen molar-refractivity contribution in [3.8, 4) is 0 Å². The lowest BCUT2D eigenvalue weighted by Crippen LogP contribution is -2.38. The fourth-order valence-electron chi connectivity index (χ4n) is 1.23. The van der Waals surface area contributed by atoms with E-state index < -0.39 is 6.10 Å². The number of urea groups is 1. The number of hydrogen-bond donors (Lipinski definition) is 3. The number of aliphatic hydroxyl groups is 1. The van der Waals surface area contributed by atoms with Crippen molar-refractivity contribution in [3.63, 3.8) is 0 Å². The molecule has 6 heteroatoms. The van der Waals surface area contributed by atoms with Crippen LogP contribution in [0.15, 0.2) is 35.3 Å². The fraction of sp³-hybridized carbons (Fsp3) is 0.250. The smallest absolute Gasteiger partial charge is 0.315 e. The van der Waals surface area contributed by atoms with Crippen LogP contribution in [0.2, 0.25) is 5.02 Å². The summed E-state index contributed by atoms with van der Waals surface area (Å²) < 4.78 is 0.677. The molecule has 0 aliphatic carbocycles. The molecule has 18 heavy (non-hydrogen) atoms. The lowest BCUT2D eigenvalue weighted by Gasteiger charge is -2.12. The second-order valence-electron chi connectivity index (χ2n) is 3.65. The predicted molar refractivity (Wildman–Crippen MR) is 75.9 cm³/mol. The Labute approximate surface area is 119 Å². The van der Waals surface area contributed by atoms with Gasteiger partial charge in [-0.05, 0) is 17.7 Å². The number of amides is 2. The van der Waals surface area contributed by atoms with Crippen molar-refractivity contribution in [2.24, 2.45) is 0 Å². The molecule has 98 valence electrons. The zero-order valence-electron chi connectivity index (χ0n) is 9.62. The third kappa shape index (κ3) is 5.53. The zero-order chi connectivity index (χ0) is 13.5. The highest BCUT2D eigenvalue weighted by Gasteiger charge is 2.09. The fourth-order valence-corrected chi connectivity index (χ4v) is 1.50. The summed E-state index contributed by atoms with van der Waals surface area (Å²) in [7, 11) is 0. The zero-order valence-corrected chi connectivity index (χ0v) is 12.0. The van der Waals surface area contributed by atoms with Gasteiger partial charge in [-0.1, -0.05) is 46.2 Å². The van der Waals surface area contributed by atoms with Crippen LogP contribution in [0.5, 0.6) is 0 Å². The van der Waals surface area contributed by atoms with Gasteiger partial charge in [-0.2, -0.15) is 0 Å². The van der Waals surface area contributed by atoms with E-state index in [9.17, 15) is 9.90 Å². The average molecular weight is 334 g/mol. The van der Waals surface area contributed by atoms with E-state index in [-0.39, 0.29) is 12.6 Å². The first-order valence-corrected chi connectivity index (χ1v) is 6.44. The first kappa shape index (κ1) is 15.0. The first-order chi connectivity index (χ1) is 8.49. The van der Waals surface area contributed by atoms with Gasteiger partial charge in [0.2, 0.25) is 0 Å². The van der Waals surface area contributed by atoms with Gasteiger partial charge >= 0.3 is 6.03 Å². The highest BCUT2D eigenvalue weighted by Crippen LogP contribution is 2.15. The molecule has 1 aromatic carbocycles. The van der Waals surface area contributed by atoms with Crippen LogP contribution >= 0.6 is 27.5 Å². The number of aliphatic hydroxyl groups excluding tert-OH is 1. The molecule has 0 heterocycles. The molecule has 0 aliphatic heterocycles. The maximum absolute atomic E-state index is 11.3. The SMILES string of the molecule is C=C(Br)CNC(=O)NCC(O)c1ccc(Cl)cc1. The van der Waals surface area contributed by atoms with Crippen LogP contribution in [-0.2, 0) is 0 Å². The van der Waals surface area contributed by atoms with Crippen molar-refractivity contribution in [2.75, 3.05) is 13.1 Å². The van der Waals surface area contributed by atoms with Gasteiger partial charge in [0, 0.05) is 16.0 Å². The Morgan fingerprint density at radius 1 is 1.39 bits per heavy atom. The molecule has 3 N–H and O–H groups in total. The lowest BCUT2D eigenvalue weighted by molar-refractivity contribution is 0.173. The molecule has 0 bridgehead atoms. The van der Waals surface area contributed by atoms with Crippen LogP contribution < -0.4 is 10.6 Å². The van der Waals surface area contributed by atoms with E-state index in [4.69, 9.17) is 11.6 Å². The van der Waals surface area contributed by atoms with E-state index in [1.807, 2.05) is 0 Å². The van der Waals surface area contributed by atoms with Crippen molar-refractivity contribution < 1.29 is 9.90 Å². The maximum atomic E-state index is 11.3. The van der Waals surface area contributed by atoms with E-state index in [1.165, 1.54) is 0 Å². The Morgan fingerprint density at radius 3 is 2.56 bits per heavy atom. The number of benzene rings is 1. The number of carbonyl (C=O) groups is 1. The van der Waals surface area contributed by atoms with E-state index in [2.05, 4.69) is 33.1 Å². The van der Waals surface area contributed by atoms with Gasteiger partial charge in [0.25, 0.3) is 0 Å². The van der Waals surface area contributed by atoms with Gasteiger partial charge in [-0.15, -0.1) is 0 Å². The molecular weight excluding hydrogens is 320 g/mol. The Kier molecular flexibility index (Phi) is 6.18. The molecule has 0 spiro atoms. The topological polar surface area (TPSA) is 61.4 Å². The number of carbonyl (C=O) groups excluding carboxylic acids is 1. The number of rotatable bonds is 5. The molecule has 0 saturated heterocycles. The highest BCUT2D eigenvalue weighted by molar-refractivity contribution is 9.11. The summed E-state index contributed by atoms with van der Waals surface area (Å²) in [6.07, 6.45) is -0.764. The first-order valence-electron chi connectivity index (χ1n) is 5.27. The van der Waals surface area contributed by atoms with Crippen LogP contribution in [0, 0.1) is 0 Å². The summed E-state index contributed by atoms with van der Waals surface area (Å²) in [4.78, 5) is 11.3. The van der Waals surface area contributed by atoms with Crippen LogP contribution in [-0.4, -0.2) is 24.2 Å². The minimum atomic E-state index is -0.764. The van der Waals surface area contributed by atoms with Gasteiger partial charge in [-0.25, -0.2) is 4.79 Å². The summed E-state index contributed by atoms with van der Waals surface area (Å²) in [5.74, 6) is 0. The summed E-state index contributed by atoms with van der Waals surface area (Å²) in [6.45, 7) is 4.05. The third-order valence-electron chi connectivity index (χ3n) is 2.15. The number of nitrogens with one attached hydrogen (secondary N) is 2. The lowest BCUT2D eigenvalue weighted by atomic mass is 10.1. The normalized spacial score (nSPS) is 11.7. The van der Waals surface area contributed by atoms with Gasteiger partial charge in [0.15, 0.2) is 0 Å². The van der Waals surface area contributed by atoms with Crippen LogP contribution in [0.25, 0.3) is 0 Å².